The van der Waals surface area contributed by atoms with Crippen LogP contribution in [0.5, 0.6) is 0 Å². The zero-order valence-corrected chi connectivity index (χ0v) is 8.83. The number of ether oxygens (including phenoxy) is 1. The van der Waals surface area contributed by atoms with E-state index in [1.165, 1.54) is 12.8 Å². The molecule has 2 atom stereocenters. The molecular weight excluding hydrogens is 164 g/mol. The minimum absolute atomic E-state index is 0.110. The molecule has 78 valence electrons. The van der Waals surface area contributed by atoms with Crippen molar-refractivity contribution in [3.63, 3.8) is 0 Å². The predicted octanol–water partition coefficient (Wildman–Crippen LogP) is 2.21. The van der Waals surface area contributed by atoms with Crippen molar-refractivity contribution in [2.75, 3.05) is 13.2 Å². The van der Waals surface area contributed by atoms with E-state index in [0.717, 1.165) is 32.0 Å². The van der Waals surface area contributed by atoms with Gasteiger partial charge in [0.2, 0.25) is 0 Å². The average Bonchev–Trinajstić information content (AvgIpc) is 2.08. The lowest BCUT2D eigenvalue weighted by molar-refractivity contribution is -0.0391. The van der Waals surface area contributed by atoms with E-state index in [1.807, 2.05) is 0 Å². The SMILES string of the molecule is CC(C)CCCC1COCCC1O. The molecule has 0 spiro atoms. The zero-order valence-electron chi connectivity index (χ0n) is 8.83. The van der Waals surface area contributed by atoms with Gasteiger partial charge in [-0.25, -0.2) is 0 Å². The monoisotopic (exact) mass is 186 g/mol. The zero-order chi connectivity index (χ0) is 9.68. The second kappa shape index (κ2) is 5.61. The second-order valence-electron chi connectivity index (χ2n) is 4.52. The summed E-state index contributed by atoms with van der Waals surface area (Å²) in [6.07, 6.45) is 4.33. The third kappa shape index (κ3) is 4.10. The van der Waals surface area contributed by atoms with Crippen LogP contribution >= 0.6 is 0 Å². The number of hydrogen-bond donors (Lipinski definition) is 1. The highest BCUT2D eigenvalue weighted by atomic mass is 16.5. The average molecular weight is 186 g/mol. The van der Waals surface area contributed by atoms with E-state index in [4.69, 9.17) is 4.74 Å². The van der Waals surface area contributed by atoms with Crippen molar-refractivity contribution in [2.24, 2.45) is 11.8 Å². The van der Waals surface area contributed by atoms with Crippen LogP contribution in [0.3, 0.4) is 0 Å². The molecule has 0 bridgehead atoms. The Morgan fingerprint density at radius 1 is 1.46 bits per heavy atom. The molecule has 1 heterocycles. The van der Waals surface area contributed by atoms with Gasteiger partial charge in [0.25, 0.3) is 0 Å². The van der Waals surface area contributed by atoms with Crippen LogP contribution in [0.1, 0.15) is 39.5 Å². The van der Waals surface area contributed by atoms with Gasteiger partial charge < -0.3 is 9.84 Å². The van der Waals surface area contributed by atoms with Gasteiger partial charge in [0.1, 0.15) is 0 Å². The number of aliphatic hydroxyl groups excluding tert-OH is 1. The first-order valence-corrected chi connectivity index (χ1v) is 5.46. The van der Waals surface area contributed by atoms with E-state index in [0.29, 0.717) is 5.92 Å². The van der Waals surface area contributed by atoms with Crippen LogP contribution in [-0.2, 0) is 4.74 Å². The fourth-order valence-electron chi connectivity index (χ4n) is 1.85. The molecule has 2 nitrogen and oxygen atoms in total. The molecule has 0 aliphatic carbocycles. The van der Waals surface area contributed by atoms with Crippen molar-refractivity contribution in [2.45, 2.75) is 45.6 Å². The number of rotatable bonds is 4. The summed E-state index contributed by atoms with van der Waals surface area (Å²) >= 11 is 0. The lowest BCUT2D eigenvalue weighted by Gasteiger charge is -2.27. The van der Waals surface area contributed by atoms with E-state index in [1.54, 1.807) is 0 Å². The first kappa shape index (κ1) is 11.0. The molecule has 0 aromatic carbocycles. The van der Waals surface area contributed by atoms with Crippen molar-refractivity contribution >= 4 is 0 Å². The van der Waals surface area contributed by atoms with Gasteiger partial charge >= 0.3 is 0 Å². The Balaban J connectivity index is 2.11. The maximum absolute atomic E-state index is 9.65. The summed E-state index contributed by atoms with van der Waals surface area (Å²) in [6.45, 7) is 5.99. The molecule has 1 saturated heterocycles. The number of hydrogen-bond acceptors (Lipinski definition) is 2. The van der Waals surface area contributed by atoms with Crippen LogP contribution in [0.15, 0.2) is 0 Å². The van der Waals surface area contributed by atoms with Gasteiger partial charge in [-0.15, -0.1) is 0 Å². The van der Waals surface area contributed by atoms with Crippen molar-refractivity contribution < 1.29 is 9.84 Å². The highest BCUT2D eigenvalue weighted by Gasteiger charge is 2.22. The molecular formula is C11H22O2. The standard InChI is InChI=1S/C11H22O2/c1-9(2)4-3-5-10-8-13-7-6-11(10)12/h9-12H,3-8H2,1-2H3. The summed E-state index contributed by atoms with van der Waals surface area (Å²) in [5.41, 5.74) is 0. The summed E-state index contributed by atoms with van der Waals surface area (Å²) in [6, 6.07) is 0. The Morgan fingerprint density at radius 3 is 2.85 bits per heavy atom. The molecule has 0 radical (unpaired) electrons. The van der Waals surface area contributed by atoms with Gasteiger partial charge in [-0.2, -0.15) is 0 Å². The Kier molecular flexibility index (Phi) is 4.74. The third-order valence-corrected chi connectivity index (χ3v) is 2.79. The van der Waals surface area contributed by atoms with E-state index in [2.05, 4.69) is 13.8 Å². The lowest BCUT2D eigenvalue weighted by atomic mass is 9.92. The molecule has 1 aliphatic heterocycles. The Bertz CT molecular complexity index is 134. The smallest absolute Gasteiger partial charge is 0.0612 e. The molecule has 1 N–H and O–H groups in total. The summed E-state index contributed by atoms with van der Waals surface area (Å²) in [5.74, 6) is 1.18. The maximum atomic E-state index is 9.65. The Labute approximate surface area is 81.3 Å². The Hall–Kier alpha value is -0.0800. The summed E-state index contributed by atoms with van der Waals surface area (Å²) in [7, 11) is 0. The predicted molar refractivity (Wildman–Crippen MR) is 53.6 cm³/mol. The molecule has 1 aliphatic rings. The first-order valence-electron chi connectivity index (χ1n) is 5.46. The van der Waals surface area contributed by atoms with Crippen molar-refractivity contribution in [3.05, 3.63) is 0 Å². The molecule has 0 aromatic heterocycles. The molecule has 0 aromatic rings. The highest BCUT2D eigenvalue weighted by Crippen LogP contribution is 2.21. The summed E-state index contributed by atoms with van der Waals surface area (Å²) < 4.78 is 5.35. The minimum atomic E-state index is -0.110. The van der Waals surface area contributed by atoms with Crippen molar-refractivity contribution in [1.29, 1.82) is 0 Å². The molecule has 1 rings (SSSR count). The van der Waals surface area contributed by atoms with Gasteiger partial charge in [0.05, 0.1) is 12.7 Å². The minimum Gasteiger partial charge on any atom is -0.393 e. The van der Waals surface area contributed by atoms with Crippen molar-refractivity contribution in [3.8, 4) is 0 Å². The van der Waals surface area contributed by atoms with Crippen molar-refractivity contribution in [1.82, 2.24) is 0 Å². The summed E-state index contributed by atoms with van der Waals surface area (Å²) in [4.78, 5) is 0. The topological polar surface area (TPSA) is 29.5 Å². The molecule has 0 saturated carbocycles. The molecule has 1 fully saturated rings. The molecule has 0 amide bonds. The molecule has 2 unspecified atom stereocenters. The fraction of sp³-hybridized carbons (Fsp3) is 1.00. The largest absolute Gasteiger partial charge is 0.393 e. The van der Waals surface area contributed by atoms with Crippen LogP contribution in [0.25, 0.3) is 0 Å². The van der Waals surface area contributed by atoms with Crippen LogP contribution in [0.2, 0.25) is 0 Å². The van der Waals surface area contributed by atoms with E-state index in [-0.39, 0.29) is 6.10 Å². The van der Waals surface area contributed by atoms with Crippen LogP contribution in [0.4, 0.5) is 0 Å². The van der Waals surface area contributed by atoms with Gasteiger partial charge in [0.15, 0.2) is 0 Å². The molecule has 13 heavy (non-hydrogen) atoms. The number of aliphatic hydroxyl groups is 1. The molecule has 2 heteroatoms. The Morgan fingerprint density at radius 2 is 2.23 bits per heavy atom. The third-order valence-electron chi connectivity index (χ3n) is 2.79. The quantitative estimate of drug-likeness (QED) is 0.729. The lowest BCUT2D eigenvalue weighted by Crippen LogP contribution is -2.31. The first-order chi connectivity index (χ1) is 6.20. The van der Waals surface area contributed by atoms with Gasteiger partial charge in [-0.05, 0) is 18.8 Å². The van der Waals surface area contributed by atoms with E-state index in [9.17, 15) is 5.11 Å². The normalized spacial score (nSPS) is 29.5. The van der Waals surface area contributed by atoms with E-state index >= 15 is 0 Å². The van der Waals surface area contributed by atoms with E-state index < -0.39 is 0 Å². The van der Waals surface area contributed by atoms with Crippen LogP contribution in [-0.4, -0.2) is 24.4 Å². The summed E-state index contributed by atoms with van der Waals surface area (Å²) in [5, 5.41) is 9.65. The second-order valence-corrected chi connectivity index (χ2v) is 4.52. The highest BCUT2D eigenvalue weighted by molar-refractivity contribution is 4.72. The van der Waals surface area contributed by atoms with Gasteiger partial charge in [-0.1, -0.05) is 26.7 Å². The van der Waals surface area contributed by atoms with Crippen LogP contribution in [0, 0.1) is 11.8 Å². The fourth-order valence-corrected chi connectivity index (χ4v) is 1.85. The maximum Gasteiger partial charge on any atom is 0.0612 e. The van der Waals surface area contributed by atoms with Crippen LogP contribution < -0.4 is 0 Å². The van der Waals surface area contributed by atoms with Gasteiger partial charge in [-0.3, -0.25) is 0 Å². The van der Waals surface area contributed by atoms with Gasteiger partial charge in [0, 0.05) is 12.5 Å².